The van der Waals surface area contributed by atoms with Crippen LogP contribution in [0.2, 0.25) is 0 Å². The summed E-state index contributed by atoms with van der Waals surface area (Å²) in [5.74, 6) is -0.639. The predicted octanol–water partition coefficient (Wildman–Crippen LogP) is -4.19. The van der Waals surface area contributed by atoms with Gasteiger partial charge in [-0.05, 0) is 0 Å². The van der Waals surface area contributed by atoms with Crippen molar-refractivity contribution >= 4 is 5.97 Å². The monoisotopic (exact) mass is 354 g/mol. The Morgan fingerprint density at radius 2 is 1.71 bits per heavy atom. The first-order valence-corrected chi connectivity index (χ1v) is 7.36. The number of aliphatic hydroxyl groups excluding tert-OH is 6. The fourth-order valence-corrected chi connectivity index (χ4v) is 2.48. The molecule has 2 aliphatic heterocycles. The Hall–Kier alpha value is -0.890. The third-order valence-electron chi connectivity index (χ3n) is 3.86. The molecule has 0 aromatic heterocycles. The molecule has 2 heterocycles. The van der Waals surface area contributed by atoms with Crippen LogP contribution in [0.1, 0.15) is 6.92 Å². The van der Waals surface area contributed by atoms with E-state index >= 15 is 0 Å². The van der Waals surface area contributed by atoms with Gasteiger partial charge in [0.05, 0.1) is 6.61 Å². The van der Waals surface area contributed by atoms with Crippen LogP contribution in [0.5, 0.6) is 0 Å². The van der Waals surface area contributed by atoms with Gasteiger partial charge in [-0.25, -0.2) is 0 Å². The number of hydrogen-bond donors (Lipinski definition) is 6. The maximum Gasteiger partial charge on any atom is 0.302 e. The largest absolute Gasteiger partial charge is 0.463 e. The first kappa shape index (κ1) is 19.4. The lowest BCUT2D eigenvalue weighted by molar-refractivity contribution is -0.342. The van der Waals surface area contributed by atoms with Gasteiger partial charge < -0.3 is 49.6 Å². The second-order valence-corrected chi connectivity index (χ2v) is 5.70. The number of ether oxygens (including phenoxy) is 4. The number of carbonyl (C=O) groups is 1. The molecule has 0 bridgehead atoms. The number of hydrogen-bond acceptors (Lipinski definition) is 11. The summed E-state index contributed by atoms with van der Waals surface area (Å²) in [5.41, 5.74) is 0. The van der Waals surface area contributed by atoms with E-state index < -0.39 is 67.9 Å². The van der Waals surface area contributed by atoms with Crippen LogP contribution in [0.15, 0.2) is 0 Å². The minimum atomic E-state index is -1.73. The molecule has 0 amide bonds. The molecule has 0 saturated carbocycles. The van der Waals surface area contributed by atoms with Crippen molar-refractivity contribution in [2.75, 3.05) is 13.2 Å². The van der Waals surface area contributed by atoms with E-state index in [4.69, 9.17) is 18.9 Å². The van der Waals surface area contributed by atoms with E-state index in [2.05, 4.69) is 0 Å². The van der Waals surface area contributed by atoms with Gasteiger partial charge >= 0.3 is 5.97 Å². The Morgan fingerprint density at radius 1 is 1.04 bits per heavy atom. The van der Waals surface area contributed by atoms with E-state index in [1.165, 1.54) is 0 Å². The summed E-state index contributed by atoms with van der Waals surface area (Å²) in [7, 11) is 0. The normalized spacial score (nSPS) is 46.5. The number of esters is 1. The lowest BCUT2D eigenvalue weighted by Crippen LogP contribution is -2.63. The van der Waals surface area contributed by atoms with Gasteiger partial charge in [0.2, 0.25) is 0 Å². The number of rotatable bonds is 4. The highest BCUT2D eigenvalue weighted by molar-refractivity contribution is 5.65. The van der Waals surface area contributed by atoms with Crippen LogP contribution in [0, 0.1) is 0 Å². The molecule has 140 valence electrons. The number of aliphatic hydroxyl groups is 6. The zero-order valence-electron chi connectivity index (χ0n) is 12.8. The Bertz CT molecular complexity index is 432. The zero-order chi connectivity index (χ0) is 18.0. The molecule has 0 aromatic rings. The molecule has 2 rings (SSSR count). The minimum Gasteiger partial charge on any atom is -0.463 e. The smallest absolute Gasteiger partial charge is 0.302 e. The van der Waals surface area contributed by atoms with Crippen LogP contribution in [0.25, 0.3) is 0 Å². The SMILES string of the molecule is CC(=O)OC[C@H]1OC(O)[C@H](O)[C@H](O)[C@@H]1O[C@@H]1OC[C@@H](O)[C@H](O)[C@H]1O. The van der Waals surface area contributed by atoms with E-state index in [0.29, 0.717) is 0 Å². The Morgan fingerprint density at radius 3 is 2.33 bits per heavy atom. The molecule has 2 saturated heterocycles. The second kappa shape index (κ2) is 7.99. The first-order valence-electron chi connectivity index (χ1n) is 7.36. The quantitative estimate of drug-likeness (QED) is 0.270. The molecule has 0 spiro atoms. The summed E-state index contributed by atoms with van der Waals surface area (Å²) in [6, 6.07) is 0. The molecular formula is C13H22O11. The third-order valence-corrected chi connectivity index (χ3v) is 3.86. The van der Waals surface area contributed by atoms with Crippen molar-refractivity contribution in [3.8, 4) is 0 Å². The van der Waals surface area contributed by atoms with E-state index in [1.54, 1.807) is 0 Å². The highest BCUT2D eigenvalue weighted by Crippen LogP contribution is 2.27. The van der Waals surface area contributed by atoms with E-state index in [1.807, 2.05) is 0 Å². The third kappa shape index (κ3) is 4.20. The van der Waals surface area contributed by atoms with Gasteiger partial charge in [0.1, 0.15) is 49.3 Å². The lowest BCUT2D eigenvalue weighted by Gasteiger charge is -2.43. The topological polar surface area (TPSA) is 175 Å². The first-order chi connectivity index (χ1) is 11.2. The van der Waals surface area contributed by atoms with Gasteiger partial charge in [-0.15, -0.1) is 0 Å². The molecule has 1 unspecified atom stereocenters. The maximum atomic E-state index is 10.9. The van der Waals surface area contributed by atoms with E-state index in [-0.39, 0.29) is 6.61 Å². The predicted molar refractivity (Wildman–Crippen MR) is 72.2 cm³/mol. The summed E-state index contributed by atoms with van der Waals surface area (Å²) < 4.78 is 20.2. The highest BCUT2D eigenvalue weighted by Gasteiger charge is 2.48. The van der Waals surface area contributed by atoms with Gasteiger partial charge in [0.25, 0.3) is 0 Å². The average molecular weight is 354 g/mol. The zero-order valence-corrected chi connectivity index (χ0v) is 12.8. The molecule has 24 heavy (non-hydrogen) atoms. The van der Waals surface area contributed by atoms with Crippen molar-refractivity contribution in [3.05, 3.63) is 0 Å². The Labute approximate surface area is 136 Å². The van der Waals surface area contributed by atoms with Gasteiger partial charge in [-0.1, -0.05) is 0 Å². The molecule has 11 heteroatoms. The minimum absolute atomic E-state index is 0.327. The molecule has 2 fully saturated rings. The summed E-state index contributed by atoms with van der Waals surface area (Å²) in [6.07, 6.45) is -13.5. The van der Waals surface area contributed by atoms with E-state index in [0.717, 1.165) is 6.92 Å². The van der Waals surface area contributed by atoms with Gasteiger partial charge in [0, 0.05) is 6.92 Å². The van der Waals surface area contributed by atoms with Crippen LogP contribution in [-0.2, 0) is 23.7 Å². The second-order valence-electron chi connectivity index (χ2n) is 5.70. The lowest BCUT2D eigenvalue weighted by atomic mass is 9.98. The van der Waals surface area contributed by atoms with Crippen LogP contribution in [0.4, 0.5) is 0 Å². The summed E-state index contributed by atoms with van der Waals surface area (Å²) in [5, 5.41) is 58.2. The molecule has 2 aliphatic rings. The molecule has 11 nitrogen and oxygen atoms in total. The van der Waals surface area contributed by atoms with Crippen molar-refractivity contribution in [2.45, 2.75) is 62.2 Å². The van der Waals surface area contributed by atoms with Crippen LogP contribution >= 0.6 is 0 Å². The standard InChI is InChI=1S/C13H22O11/c1-4(14)21-3-6-11(8(17)9(18)12(20)23-6)24-13-10(19)7(16)5(15)2-22-13/h5-13,15-20H,2-3H2,1H3/t5-,6-,7+,8+,9-,10-,11-,12?,13+/m1/s1. The summed E-state index contributed by atoms with van der Waals surface area (Å²) in [6.45, 7) is 0.424. The summed E-state index contributed by atoms with van der Waals surface area (Å²) >= 11 is 0. The fraction of sp³-hybridized carbons (Fsp3) is 0.923. The van der Waals surface area contributed by atoms with Gasteiger partial charge in [-0.3, -0.25) is 4.79 Å². The molecule has 9 atom stereocenters. The maximum absolute atomic E-state index is 10.9. The van der Waals surface area contributed by atoms with Crippen LogP contribution < -0.4 is 0 Å². The van der Waals surface area contributed by atoms with Gasteiger partial charge in [-0.2, -0.15) is 0 Å². The van der Waals surface area contributed by atoms with Crippen molar-refractivity contribution in [2.24, 2.45) is 0 Å². The van der Waals surface area contributed by atoms with Crippen molar-refractivity contribution in [1.82, 2.24) is 0 Å². The van der Waals surface area contributed by atoms with Gasteiger partial charge in [0.15, 0.2) is 12.6 Å². The molecular weight excluding hydrogens is 332 g/mol. The molecule has 0 aromatic carbocycles. The van der Waals surface area contributed by atoms with Crippen molar-refractivity contribution in [1.29, 1.82) is 0 Å². The molecule has 0 aliphatic carbocycles. The summed E-state index contributed by atoms with van der Waals surface area (Å²) in [4.78, 5) is 10.9. The highest BCUT2D eigenvalue weighted by atomic mass is 16.7. The molecule has 6 N–H and O–H groups in total. The Balaban J connectivity index is 2.08. The van der Waals surface area contributed by atoms with Crippen LogP contribution in [-0.4, -0.2) is 105 Å². The van der Waals surface area contributed by atoms with Crippen molar-refractivity contribution < 1.29 is 54.4 Å². The fourth-order valence-electron chi connectivity index (χ4n) is 2.48. The average Bonchev–Trinajstić information content (AvgIpc) is 2.53. The van der Waals surface area contributed by atoms with Crippen molar-refractivity contribution in [3.63, 3.8) is 0 Å². The van der Waals surface area contributed by atoms with E-state index in [9.17, 15) is 35.4 Å². The molecule has 0 radical (unpaired) electrons. The Kier molecular flexibility index (Phi) is 6.47. The van der Waals surface area contributed by atoms with Crippen LogP contribution in [0.3, 0.4) is 0 Å². The number of carbonyl (C=O) groups excluding carboxylic acids is 1.